The van der Waals surface area contributed by atoms with Gasteiger partial charge in [-0.15, -0.1) is 124 Å². The van der Waals surface area contributed by atoms with Crippen molar-refractivity contribution in [3.8, 4) is 85.4 Å². The molecule has 0 bridgehead atoms. The third-order valence-electron chi connectivity index (χ3n) is 26.7. The van der Waals surface area contributed by atoms with Crippen molar-refractivity contribution >= 4 is 199 Å². The molecule has 0 fully saturated rings. The first-order valence-electron chi connectivity index (χ1n) is 47.3. The van der Waals surface area contributed by atoms with Crippen LogP contribution in [0.1, 0.15) is 0 Å². The summed E-state index contributed by atoms with van der Waals surface area (Å²) in [4.78, 5) is 50.0. The standard InChI is InChI=1S/C33H25N6S.C32H19N5.C30H18N4S.C28H15N3S2.4Ni/c1-36-18-16-23-24(20-37(2)33(23)36)26-14-15-29-32(35-26)39(28-11-5-4-10-27(28)38(29)3)31-13-7-9-25(34-31)21-8-6-12-30-22(21)17-19-40-30;1-4-11-26-22(8-1)18-20-35(26)29-14-7-15-31(33-29)37-28-13-6-3-10-24(28)25-16-17-30(34-32(25)37)36-21-19-23-9-2-5-12-27(23)36;1-2-9-21(10-3-1)23-12-8-16-29(31-23)34-25-14-6-7-15-26(25)35-27-17-18-28(32-30(27)34)33-20-19-22-11-4-5-13-24(22)33;1-2-7-18(8-3-1)23-14-13-20-19-9-4-5-11-25(19)31(27(20)30-23)26-12-6-10-24(29-26)22-17-33-28-21(22)15-16-32-28;;;;/h4-16,18-20H,1-3H3;1-10,12-20H;1-9,11-12,14-20H;1-7,9-14,16-17H;;;;/q-1;3*-2;4*+2. The predicted molar refractivity (Wildman–Crippen MR) is 590 cm³/mol. The zero-order valence-electron chi connectivity index (χ0n) is 79.2. The molecule has 2 aliphatic rings. The van der Waals surface area contributed by atoms with E-state index in [0.29, 0.717) is 0 Å². The molecule has 2 aliphatic heterocycles. The van der Waals surface area contributed by atoms with Crippen LogP contribution in [-0.2, 0) is 80.1 Å². The number of hydrogen-bond donors (Lipinski definition) is 0. The molecule has 0 N–H and O–H groups in total. The second-order valence-electron chi connectivity index (χ2n) is 35.2. The van der Waals surface area contributed by atoms with Crippen molar-refractivity contribution in [1.29, 1.82) is 0 Å². The Balaban J connectivity index is 0.000000108. The first-order chi connectivity index (χ1) is 71.6. The van der Waals surface area contributed by atoms with Gasteiger partial charge in [0.2, 0.25) is 0 Å². The van der Waals surface area contributed by atoms with Crippen LogP contribution < -0.4 is 19.3 Å². The minimum atomic E-state index is 0. The van der Waals surface area contributed by atoms with Gasteiger partial charge in [0.25, 0.3) is 0 Å². The molecule has 0 unspecified atom stereocenters. The van der Waals surface area contributed by atoms with Crippen LogP contribution in [0.4, 0.5) is 46.0 Å². The fraction of sp³-hybridized carbons (Fsp3) is 0.0244. The normalized spacial score (nSPS) is 11.8. The average Bonchev–Trinajstić information content (AvgIpc) is 1.73. The SMILES string of the molecule is CN1c2ccccc2N(c2cccc(-c3cccc4sc[c-]c34)n2)c2nc(-c3cn(C)c4c3[cH-]c[n+]4C)ccc21.[Ni+2].[Ni+2].[Ni+2].[Ni+2].[c-]1cccc2ccn(-c3cccc(-n4c5ccccc5c5ccc(-n6[c-]cc7ccccc76)nc54)n3)c12.[c-]1ccccc1-c1ccc2c3ccccc3n(-c3cccc(-c4csc5sc[c-]c45)n3)c2n1.[c-]1ccccc1-c1cccc(N2c3ccccc3Sc3ccc(-n4ccc5ccc[c-]c54)nc32)n1. The van der Waals surface area contributed by atoms with Gasteiger partial charge in [-0.1, -0.05) is 224 Å². The minimum absolute atomic E-state index is 0. The Hall–Kier alpha value is -16.2. The predicted octanol–water partition coefficient (Wildman–Crippen LogP) is 29.9. The molecule has 0 spiro atoms. The number of hydrogen-bond acceptors (Lipinski definition) is 15. The third-order valence-corrected chi connectivity index (χ3v) is 30.7. The third kappa shape index (κ3) is 17.1. The summed E-state index contributed by atoms with van der Waals surface area (Å²) in [5.41, 5.74) is 22.3. The van der Waals surface area contributed by atoms with Crippen LogP contribution in [-0.4, -0.2) is 74.3 Å². The zero-order chi connectivity index (χ0) is 96.3. The van der Waals surface area contributed by atoms with Gasteiger partial charge in [-0.3, -0.25) is 33.9 Å². The maximum absolute atomic E-state index is 5.32. The summed E-state index contributed by atoms with van der Waals surface area (Å²) in [6.07, 6.45) is 11.7. The van der Waals surface area contributed by atoms with E-state index in [1.807, 2.05) is 155 Å². The van der Waals surface area contributed by atoms with E-state index < -0.39 is 0 Å². The summed E-state index contributed by atoms with van der Waals surface area (Å²) < 4.78 is 17.3. The molecule has 28 aromatic rings. The summed E-state index contributed by atoms with van der Waals surface area (Å²) in [6, 6.07) is 146. The number of aryl methyl sites for hydroxylation is 2. The first kappa shape index (κ1) is 96.3. The second kappa shape index (κ2) is 40.5. The van der Waals surface area contributed by atoms with Crippen LogP contribution >= 0.6 is 45.8 Å². The quantitative estimate of drug-likeness (QED) is 0.0652. The number of rotatable bonds is 12. The van der Waals surface area contributed by atoms with Gasteiger partial charge in [-0.25, -0.2) is 58.9 Å². The fourth-order valence-corrected chi connectivity index (χ4v) is 23.6. The van der Waals surface area contributed by atoms with E-state index in [-0.39, 0.29) is 66.0 Å². The van der Waals surface area contributed by atoms with Crippen molar-refractivity contribution in [2.24, 2.45) is 14.1 Å². The molecule has 149 heavy (non-hydrogen) atoms. The zero-order valence-corrected chi connectivity index (χ0v) is 86.4. The molecule has 0 aliphatic carbocycles. The van der Waals surface area contributed by atoms with Crippen LogP contribution in [0.2, 0.25) is 0 Å². The minimum Gasteiger partial charge on any atom is -0.429 e. The summed E-state index contributed by atoms with van der Waals surface area (Å²) >= 11 is 6.91. The molecular formula is C123H77N18Ni4S4+. The van der Waals surface area contributed by atoms with E-state index in [1.54, 1.807) is 45.8 Å². The summed E-state index contributed by atoms with van der Waals surface area (Å²) in [5.74, 6) is 7.54. The number of thiophene rings is 3. The molecular weight excluding hydrogens is 2090 g/mol. The topological polar surface area (TPSA) is 146 Å². The van der Waals surface area contributed by atoms with Gasteiger partial charge >= 0.3 is 66.0 Å². The van der Waals surface area contributed by atoms with Crippen molar-refractivity contribution in [2.75, 3.05) is 21.7 Å². The number of pyridine rings is 8. The number of nitrogens with zero attached hydrogens (tertiary/aromatic N) is 18. The van der Waals surface area contributed by atoms with Crippen molar-refractivity contribution in [1.82, 2.24) is 67.3 Å². The van der Waals surface area contributed by atoms with Crippen LogP contribution in [0, 0.1) is 42.6 Å². The first-order valence-corrected chi connectivity index (χ1v) is 50.8. The van der Waals surface area contributed by atoms with Crippen molar-refractivity contribution < 1.29 is 70.5 Å². The van der Waals surface area contributed by atoms with E-state index in [4.69, 9.17) is 39.9 Å². The molecule has 18 aromatic heterocycles. The Morgan fingerprint density at radius 1 is 0.342 bits per heavy atom. The molecule has 20 heterocycles. The van der Waals surface area contributed by atoms with Gasteiger partial charge < -0.3 is 27.7 Å². The second-order valence-corrected chi connectivity index (χ2v) is 39.2. The molecule has 10 aromatic carbocycles. The van der Waals surface area contributed by atoms with Gasteiger partial charge in [0, 0.05) is 63.0 Å². The van der Waals surface area contributed by atoms with Crippen molar-refractivity contribution in [3.63, 3.8) is 0 Å². The van der Waals surface area contributed by atoms with Crippen LogP contribution in [0.25, 0.3) is 192 Å². The molecule has 26 heteroatoms. The Kier molecular flexibility index (Phi) is 26.2. The number of aromatic nitrogens is 15. The number of benzene rings is 10. The van der Waals surface area contributed by atoms with Crippen LogP contribution in [0.3, 0.4) is 0 Å². The maximum Gasteiger partial charge on any atom is 2.00 e. The monoisotopic (exact) mass is 2170 g/mol. The number of anilines is 8. The van der Waals surface area contributed by atoms with Gasteiger partial charge in [0.05, 0.1) is 58.6 Å². The van der Waals surface area contributed by atoms with E-state index in [2.05, 4.69) is 366 Å². The van der Waals surface area contributed by atoms with E-state index in [0.717, 1.165) is 218 Å². The van der Waals surface area contributed by atoms with Gasteiger partial charge in [0.1, 0.15) is 46.2 Å². The van der Waals surface area contributed by atoms with Crippen molar-refractivity contribution in [2.45, 2.75) is 9.79 Å². The van der Waals surface area contributed by atoms with Crippen LogP contribution in [0.15, 0.2) is 421 Å². The Bertz CT molecular complexity index is 9920. The number of fused-ring (bicyclic) bond motifs is 16. The van der Waals surface area contributed by atoms with E-state index in [1.165, 1.54) is 30.0 Å². The molecule has 0 atom stereocenters. The van der Waals surface area contributed by atoms with E-state index in [9.17, 15) is 0 Å². The average molecular weight is 2170 g/mol. The molecule has 0 radical (unpaired) electrons. The Morgan fingerprint density at radius 3 is 1.61 bits per heavy atom. The molecule has 18 nitrogen and oxygen atoms in total. The van der Waals surface area contributed by atoms with Gasteiger partial charge in [-0.05, 0) is 131 Å². The maximum atomic E-state index is 5.32. The van der Waals surface area contributed by atoms with Gasteiger partial charge in [-0.2, -0.15) is 71.4 Å². The molecule has 0 saturated carbocycles. The summed E-state index contributed by atoms with van der Waals surface area (Å²) in [7, 11) is 6.26. The summed E-state index contributed by atoms with van der Waals surface area (Å²) in [6.45, 7) is 0. The largest absolute Gasteiger partial charge is 2.00 e. The Labute approximate surface area is 913 Å². The molecule has 722 valence electrons. The fourth-order valence-electron chi connectivity index (χ4n) is 20.1. The molecule has 0 amide bonds. The number of para-hydroxylation sites is 8. The molecule has 0 saturated heterocycles. The molecule has 30 rings (SSSR count). The van der Waals surface area contributed by atoms with Crippen molar-refractivity contribution in [3.05, 3.63) is 454 Å². The summed E-state index contributed by atoms with van der Waals surface area (Å²) in [5, 5.41) is 17.6. The van der Waals surface area contributed by atoms with Crippen LogP contribution in [0.5, 0.6) is 0 Å². The van der Waals surface area contributed by atoms with Gasteiger partial charge in [0.15, 0.2) is 17.3 Å². The Morgan fingerprint density at radius 2 is 0.886 bits per heavy atom. The van der Waals surface area contributed by atoms with E-state index >= 15 is 0 Å². The smallest absolute Gasteiger partial charge is 0.429 e.